The minimum Gasteiger partial charge on any atom is -0.315 e. The number of urea groups is 1. The predicted molar refractivity (Wildman–Crippen MR) is 82.1 cm³/mol. The largest absolute Gasteiger partial charge is 0.331 e. The first-order valence-corrected chi connectivity index (χ1v) is 8.62. The van der Waals surface area contributed by atoms with E-state index in [0.717, 1.165) is 11.4 Å². The summed E-state index contributed by atoms with van der Waals surface area (Å²) in [6.07, 6.45) is 0. The van der Waals surface area contributed by atoms with Gasteiger partial charge in [0.05, 0.1) is 11.4 Å². The molecule has 0 bridgehead atoms. The quantitative estimate of drug-likeness (QED) is 0.876. The van der Waals surface area contributed by atoms with Crippen molar-refractivity contribution in [2.24, 2.45) is 0 Å². The van der Waals surface area contributed by atoms with E-state index < -0.39 is 16.1 Å². The fourth-order valence-corrected chi connectivity index (χ4v) is 3.40. The Morgan fingerprint density at radius 3 is 2.52 bits per heavy atom. The molecule has 0 fully saturated rings. The molecule has 1 aliphatic rings. The molecule has 2 aromatic rings. The van der Waals surface area contributed by atoms with Gasteiger partial charge in [0.2, 0.25) is 0 Å². The number of carbonyl (C=O) groups is 1. The number of nitrogens with zero attached hydrogens (tertiary/aromatic N) is 4. The van der Waals surface area contributed by atoms with Crippen molar-refractivity contribution in [1.29, 1.82) is 0 Å². The molecule has 2 heterocycles. The number of fused-ring (bicyclic) bond motifs is 1. The maximum absolute atomic E-state index is 12.3. The standard InChI is InChI=1S/C14H17N5O3S/c1-10-3-5-12(6-4-10)23(21,22)17-14(20)18-7-8-19-11(2)15-16-13(19)9-18/h3-6H,7-9H2,1-2H3,(H,17,20). The van der Waals surface area contributed by atoms with Gasteiger partial charge in [-0.2, -0.15) is 0 Å². The van der Waals surface area contributed by atoms with Gasteiger partial charge in [-0.3, -0.25) is 0 Å². The molecule has 122 valence electrons. The Kier molecular flexibility index (Phi) is 3.80. The van der Waals surface area contributed by atoms with Crippen LogP contribution in [0.5, 0.6) is 0 Å². The Morgan fingerprint density at radius 1 is 1.13 bits per heavy atom. The number of amides is 2. The average molecular weight is 335 g/mol. The highest BCUT2D eigenvalue weighted by atomic mass is 32.2. The van der Waals surface area contributed by atoms with E-state index in [1.54, 1.807) is 12.1 Å². The van der Waals surface area contributed by atoms with Gasteiger partial charge in [-0.05, 0) is 26.0 Å². The van der Waals surface area contributed by atoms with E-state index in [1.165, 1.54) is 17.0 Å². The molecule has 2 amide bonds. The summed E-state index contributed by atoms with van der Waals surface area (Å²) < 4.78 is 28.5. The number of aromatic nitrogens is 3. The normalized spacial score (nSPS) is 14.4. The third-order valence-electron chi connectivity index (χ3n) is 3.78. The number of hydrogen-bond donors (Lipinski definition) is 1. The van der Waals surface area contributed by atoms with Gasteiger partial charge in [-0.25, -0.2) is 17.9 Å². The predicted octanol–water partition coefficient (Wildman–Crippen LogP) is 0.809. The number of sulfonamides is 1. The maximum atomic E-state index is 12.3. The van der Waals surface area contributed by atoms with E-state index in [-0.39, 0.29) is 11.4 Å². The van der Waals surface area contributed by atoms with E-state index in [9.17, 15) is 13.2 Å². The van der Waals surface area contributed by atoms with Gasteiger partial charge in [0.15, 0.2) is 5.82 Å². The van der Waals surface area contributed by atoms with Crippen LogP contribution in [0.4, 0.5) is 4.79 Å². The summed E-state index contributed by atoms with van der Waals surface area (Å²) in [5.41, 5.74) is 0.945. The van der Waals surface area contributed by atoms with Crippen LogP contribution in [-0.4, -0.2) is 40.7 Å². The highest BCUT2D eigenvalue weighted by Crippen LogP contribution is 2.14. The lowest BCUT2D eigenvalue weighted by Crippen LogP contribution is -2.46. The Hall–Kier alpha value is -2.42. The molecule has 9 heteroatoms. The third kappa shape index (κ3) is 3.04. The highest BCUT2D eigenvalue weighted by molar-refractivity contribution is 7.90. The minimum absolute atomic E-state index is 0.0625. The van der Waals surface area contributed by atoms with Gasteiger partial charge < -0.3 is 9.47 Å². The molecule has 1 aromatic carbocycles. The Labute approximate surface area is 134 Å². The first-order chi connectivity index (χ1) is 10.9. The van der Waals surface area contributed by atoms with Crippen molar-refractivity contribution < 1.29 is 13.2 Å². The molecule has 0 spiro atoms. The summed E-state index contributed by atoms with van der Waals surface area (Å²) in [6.45, 7) is 4.89. The van der Waals surface area contributed by atoms with Crippen molar-refractivity contribution in [2.75, 3.05) is 6.54 Å². The molecule has 0 saturated carbocycles. The van der Waals surface area contributed by atoms with Crippen molar-refractivity contribution in [1.82, 2.24) is 24.4 Å². The van der Waals surface area contributed by atoms with Crippen molar-refractivity contribution in [3.8, 4) is 0 Å². The van der Waals surface area contributed by atoms with Crippen LogP contribution in [0.1, 0.15) is 17.2 Å². The fraction of sp³-hybridized carbons (Fsp3) is 0.357. The average Bonchev–Trinajstić information content (AvgIpc) is 2.88. The second kappa shape index (κ2) is 5.65. The highest BCUT2D eigenvalue weighted by Gasteiger charge is 2.26. The first kappa shape index (κ1) is 15.5. The zero-order valence-electron chi connectivity index (χ0n) is 12.9. The van der Waals surface area contributed by atoms with Gasteiger partial charge in [0, 0.05) is 13.1 Å². The number of benzene rings is 1. The van der Waals surface area contributed by atoms with Crippen LogP contribution in [0.15, 0.2) is 29.2 Å². The van der Waals surface area contributed by atoms with E-state index in [1.807, 2.05) is 18.4 Å². The van der Waals surface area contributed by atoms with Crippen LogP contribution in [0.25, 0.3) is 0 Å². The summed E-state index contributed by atoms with van der Waals surface area (Å²) in [6, 6.07) is 5.66. The molecule has 1 aromatic heterocycles. The zero-order chi connectivity index (χ0) is 16.6. The van der Waals surface area contributed by atoms with Crippen LogP contribution in [0.3, 0.4) is 0 Å². The lowest BCUT2D eigenvalue weighted by Gasteiger charge is -2.27. The molecule has 0 atom stereocenters. The van der Waals surface area contributed by atoms with Gasteiger partial charge in [-0.1, -0.05) is 17.7 Å². The Morgan fingerprint density at radius 2 is 1.83 bits per heavy atom. The van der Waals surface area contributed by atoms with Gasteiger partial charge in [0.25, 0.3) is 10.0 Å². The lowest BCUT2D eigenvalue weighted by molar-refractivity contribution is 0.187. The molecule has 1 aliphatic heterocycles. The first-order valence-electron chi connectivity index (χ1n) is 7.14. The van der Waals surface area contributed by atoms with Gasteiger partial charge >= 0.3 is 6.03 Å². The summed E-state index contributed by atoms with van der Waals surface area (Å²) in [5, 5.41) is 7.95. The van der Waals surface area contributed by atoms with Crippen molar-refractivity contribution in [2.45, 2.75) is 31.8 Å². The molecular weight excluding hydrogens is 318 g/mol. The van der Waals surface area contributed by atoms with Crippen LogP contribution < -0.4 is 4.72 Å². The van der Waals surface area contributed by atoms with E-state index in [0.29, 0.717) is 18.9 Å². The molecule has 0 unspecified atom stereocenters. The molecule has 0 saturated heterocycles. The molecule has 0 radical (unpaired) electrons. The zero-order valence-corrected chi connectivity index (χ0v) is 13.7. The van der Waals surface area contributed by atoms with Gasteiger partial charge in [-0.15, -0.1) is 10.2 Å². The Bertz CT molecular complexity index is 842. The van der Waals surface area contributed by atoms with E-state index in [4.69, 9.17) is 0 Å². The second-order valence-electron chi connectivity index (χ2n) is 5.46. The lowest BCUT2D eigenvalue weighted by atomic mass is 10.2. The van der Waals surface area contributed by atoms with Gasteiger partial charge in [0.1, 0.15) is 5.82 Å². The molecular formula is C14H17N5O3S. The third-order valence-corrected chi connectivity index (χ3v) is 5.11. The van der Waals surface area contributed by atoms with Crippen molar-refractivity contribution in [3.05, 3.63) is 41.5 Å². The summed E-state index contributed by atoms with van der Waals surface area (Å²) in [4.78, 5) is 13.7. The van der Waals surface area contributed by atoms with E-state index in [2.05, 4.69) is 14.9 Å². The number of carbonyl (C=O) groups excluding carboxylic acids is 1. The number of aryl methyl sites for hydroxylation is 2. The molecule has 23 heavy (non-hydrogen) atoms. The number of rotatable bonds is 2. The monoisotopic (exact) mass is 335 g/mol. The van der Waals surface area contributed by atoms with Crippen LogP contribution >= 0.6 is 0 Å². The summed E-state index contributed by atoms with van der Waals surface area (Å²) in [5.74, 6) is 1.43. The summed E-state index contributed by atoms with van der Waals surface area (Å²) in [7, 11) is -3.88. The number of hydrogen-bond acceptors (Lipinski definition) is 5. The molecule has 8 nitrogen and oxygen atoms in total. The van der Waals surface area contributed by atoms with Crippen LogP contribution in [-0.2, 0) is 23.1 Å². The maximum Gasteiger partial charge on any atom is 0.331 e. The minimum atomic E-state index is -3.88. The second-order valence-corrected chi connectivity index (χ2v) is 7.14. The molecule has 1 N–H and O–H groups in total. The van der Waals surface area contributed by atoms with Crippen LogP contribution in [0.2, 0.25) is 0 Å². The molecule has 0 aliphatic carbocycles. The summed E-state index contributed by atoms with van der Waals surface area (Å²) >= 11 is 0. The van der Waals surface area contributed by atoms with Crippen LogP contribution in [0, 0.1) is 13.8 Å². The topological polar surface area (TPSA) is 97.2 Å². The smallest absolute Gasteiger partial charge is 0.315 e. The Balaban J connectivity index is 1.73. The van der Waals surface area contributed by atoms with Crippen molar-refractivity contribution >= 4 is 16.1 Å². The van der Waals surface area contributed by atoms with E-state index >= 15 is 0 Å². The number of nitrogens with one attached hydrogen (secondary N) is 1. The fourth-order valence-electron chi connectivity index (χ4n) is 2.43. The molecule has 3 rings (SSSR count). The van der Waals surface area contributed by atoms with Crippen molar-refractivity contribution in [3.63, 3.8) is 0 Å². The SMILES string of the molecule is Cc1ccc(S(=O)(=O)NC(=O)N2CCn3c(C)nnc3C2)cc1.